The van der Waals surface area contributed by atoms with Crippen LogP contribution in [0.25, 0.3) is 0 Å². The van der Waals surface area contributed by atoms with Crippen LogP contribution in [0.5, 0.6) is 0 Å². The Kier molecular flexibility index (Phi) is 4.35. The van der Waals surface area contributed by atoms with Crippen LogP contribution in [0.4, 0.5) is 5.69 Å². The van der Waals surface area contributed by atoms with Crippen molar-refractivity contribution < 1.29 is 0 Å². The van der Waals surface area contributed by atoms with Crippen molar-refractivity contribution in [2.45, 2.75) is 31.2 Å². The lowest BCUT2D eigenvalue weighted by molar-refractivity contribution is 0.645. The van der Waals surface area contributed by atoms with Gasteiger partial charge in [0, 0.05) is 29.8 Å². The molecule has 0 saturated heterocycles. The third-order valence-electron chi connectivity index (χ3n) is 3.37. The normalized spacial score (nSPS) is 19.2. The van der Waals surface area contributed by atoms with Gasteiger partial charge in [0.1, 0.15) is 0 Å². The fraction of sp³-hybridized carbons (Fsp3) is 0.571. The Hall–Kier alpha value is -0.670. The average Bonchev–Trinajstić information content (AvgIpc) is 2.37. The summed E-state index contributed by atoms with van der Waals surface area (Å²) in [6, 6.07) is 7.35. The fourth-order valence-corrected chi connectivity index (χ4v) is 3.54. The summed E-state index contributed by atoms with van der Waals surface area (Å²) in [5.41, 5.74) is 2.96. The Morgan fingerprint density at radius 1 is 1.47 bits per heavy atom. The number of nitrogens with one attached hydrogen (secondary N) is 1. The van der Waals surface area contributed by atoms with Crippen molar-refractivity contribution in [2.75, 3.05) is 30.8 Å². The molecular weight excluding hydrogens is 228 g/mol. The molecule has 0 aromatic heterocycles. The van der Waals surface area contributed by atoms with Gasteiger partial charge in [0.05, 0.1) is 5.69 Å². The first-order valence-electron chi connectivity index (χ1n) is 6.43. The number of hydrogen-bond acceptors (Lipinski definition) is 3. The van der Waals surface area contributed by atoms with Crippen LogP contribution < -0.4 is 10.2 Å². The number of aryl methyl sites for hydroxylation is 1. The lowest BCUT2D eigenvalue weighted by Crippen LogP contribution is -2.42. The van der Waals surface area contributed by atoms with Crippen LogP contribution in [0.3, 0.4) is 0 Å². The highest BCUT2D eigenvalue weighted by Crippen LogP contribution is 2.39. The van der Waals surface area contributed by atoms with E-state index < -0.39 is 0 Å². The number of thioether (sulfide) groups is 1. The summed E-state index contributed by atoms with van der Waals surface area (Å²) in [6.45, 7) is 6.72. The highest BCUT2D eigenvalue weighted by Gasteiger charge is 2.24. The summed E-state index contributed by atoms with van der Waals surface area (Å²) in [5, 5.41) is 3.26. The molecule has 0 radical (unpaired) electrons. The maximum absolute atomic E-state index is 3.26. The van der Waals surface area contributed by atoms with E-state index in [9.17, 15) is 0 Å². The van der Waals surface area contributed by atoms with Crippen molar-refractivity contribution in [3.05, 3.63) is 23.8 Å². The van der Waals surface area contributed by atoms with Gasteiger partial charge in [0.25, 0.3) is 0 Å². The van der Waals surface area contributed by atoms with Gasteiger partial charge in [-0.25, -0.2) is 0 Å². The minimum atomic E-state index is 0.633. The lowest BCUT2D eigenvalue weighted by atomic mass is 10.1. The molecule has 2 nitrogen and oxygen atoms in total. The van der Waals surface area contributed by atoms with Gasteiger partial charge >= 0.3 is 0 Å². The summed E-state index contributed by atoms with van der Waals surface area (Å²) in [7, 11) is 2.02. The lowest BCUT2D eigenvalue weighted by Gasteiger charge is -2.38. The summed E-state index contributed by atoms with van der Waals surface area (Å²) >= 11 is 2.00. The maximum atomic E-state index is 3.26. The highest BCUT2D eigenvalue weighted by atomic mass is 32.2. The van der Waals surface area contributed by atoms with Crippen LogP contribution in [-0.4, -0.2) is 31.9 Å². The number of para-hydroxylation sites is 1. The Morgan fingerprint density at radius 2 is 2.29 bits per heavy atom. The largest absolute Gasteiger partial charge is 0.366 e. The van der Waals surface area contributed by atoms with E-state index in [1.54, 1.807) is 0 Å². The predicted molar refractivity (Wildman–Crippen MR) is 77.3 cm³/mol. The molecule has 1 unspecified atom stereocenters. The third-order valence-corrected chi connectivity index (χ3v) is 4.65. The van der Waals surface area contributed by atoms with Crippen molar-refractivity contribution >= 4 is 17.4 Å². The van der Waals surface area contributed by atoms with E-state index in [1.165, 1.54) is 21.9 Å². The summed E-state index contributed by atoms with van der Waals surface area (Å²) in [5.74, 6) is 1.20. The monoisotopic (exact) mass is 250 g/mol. The Balaban J connectivity index is 2.34. The van der Waals surface area contributed by atoms with Crippen LogP contribution in [0.15, 0.2) is 23.1 Å². The number of likely N-dealkylation sites (N-methyl/N-ethyl adjacent to an activating group) is 1. The van der Waals surface area contributed by atoms with Gasteiger partial charge in [0.15, 0.2) is 0 Å². The maximum Gasteiger partial charge on any atom is 0.0539 e. The van der Waals surface area contributed by atoms with Crippen LogP contribution in [0, 0.1) is 0 Å². The standard InChI is InChI=1S/C14H22N2S/c1-4-12-6-5-7-13-14(12)16(9-8-15-3)11(2)10-17-13/h5-7,11,15H,4,8-10H2,1-3H3. The molecule has 1 aromatic carbocycles. The van der Waals surface area contributed by atoms with Gasteiger partial charge < -0.3 is 10.2 Å². The van der Waals surface area contributed by atoms with Crippen molar-refractivity contribution in [3.8, 4) is 0 Å². The number of benzene rings is 1. The molecule has 0 bridgehead atoms. The average molecular weight is 250 g/mol. The van der Waals surface area contributed by atoms with Gasteiger partial charge in [-0.2, -0.15) is 0 Å². The van der Waals surface area contributed by atoms with Crippen LogP contribution in [-0.2, 0) is 6.42 Å². The van der Waals surface area contributed by atoms with E-state index in [0.717, 1.165) is 19.5 Å². The zero-order valence-corrected chi connectivity index (χ0v) is 11.8. The summed E-state index contributed by atoms with van der Waals surface area (Å²) in [4.78, 5) is 4.03. The Morgan fingerprint density at radius 3 is 3.00 bits per heavy atom. The molecule has 1 aromatic rings. The number of rotatable bonds is 4. The molecule has 0 aliphatic carbocycles. The second-order valence-corrected chi connectivity index (χ2v) is 5.64. The zero-order chi connectivity index (χ0) is 12.3. The molecule has 0 spiro atoms. The summed E-state index contributed by atoms with van der Waals surface area (Å²) < 4.78 is 0. The second-order valence-electron chi connectivity index (χ2n) is 4.57. The molecule has 2 rings (SSSR count). The van der Waals surface area contributed by atoms with E-state index in [-0.39, 0.29) is 0 Å². The van der Waals surface area contributed by atoms with Gasteiger partial charge in [-0.3, -0.25) is 0 Å². The molecule has 1 N–H and O–H groups in total. The van der Waals surface area contributed by atoms with Crippen LogP contribution >= 0.6 is 11.8 Å². The zero-order valence-electron chi connectivity index (χ0n) is 11.0. The molecule has 0 fully saturated rings. The Labute approximate surface area is 109 Å². The van der Waals surface area contributed by atoms with Crippen molar-refractivity contribution in [1.29, 1.82) is 0 Å². The van der Waals surface area contributed by atoms with Gasteiger partial charge in [-0.15, -0.1) is 11.8 Å². The molecule has 1 aliphatic rings. The molecule has 1 heterocycles. The fourth-order valence-electron chi connectivity index (χ4n) is 2.38. The van der Waals surface area contributed by atoms with E-state index in [0.29, 0.717) is 6.04 Å². The number of anilines is 1. The number of nitrogens with zero attached hydrogens (tertiary/aromatic N) is 1. The first-order chi connectivity index (χ1) is 8.27. The predicted octanol–water partition coefficient (Wildman–Crippen LogP) is 2.77. The smallest absolute Gasteiger partial charge is 0.0539 e. The van der Waals surface area contributed by atoms with Crippen molar-refractivity contribution in [2.24, 2.45) is 0 Å². The molecular formula is C14H22N2S. The van der Waals surface area contributed by atoms with Crippen molar-refractivity contribution in [3.63, 3.8) is 0 Å². The molecule has 1 aliphatic heterocycles. The molecule has 0 amide bonds. The highest BCUT2D eigenvalue weighted by molar-refractivity contribution is 7.99. The quantitative estimate of drug-likeness (QED) is 0.884. The Bertz CT molecular complexity index is 364. The van der Waals surface area contributed by atoms with E-state index in [2.05, 4.69) is 42.3 Å². The molecule has 1 atom stereocenters. The van der Waals surface area contributed by atoms with Crippen LogP contribution in [0.2, 0.25) is 0 Å². The van der Waals surface area contributed by atoms with Gasteiger partial charge in [-0.05, 0) is 32.0 Å². The van der Waals surface area contributed by atoms with Crippen LogP contribution in [0.1, 0.15) is 19.4 Å². The number of fused-ring (bicyclic) bond motifs is 1. The van der Waals surface area contributed by atoms with E-state index >= 15 is 0 Å². The SMILES string of the molecule is CCc1cccc2c1N(CCNC)C(C)CS2. The molecule has 17 heavy (non-hydrogen) atoms. The minimum Gasteiger partial charge on any atom is -0.366 e. The molecule has 3 heteroatoms. The van der Waals surface area contributed by atoms with E-state index in [1.807, 2.05) is 18.8 Å². The third kappa shape index (κ3) is 2.61. The van der Waals surface area contributed by atoms with Gasteiger partial charge in [-0.1, -0.05) is 19.1 Å². The van der Waals surface area contributed by atoms with Crippen molar-refractivity contribution in [1.82, 2.24) is 5.32 Å². The topological polar surface area (TPSA) is 15.3 Å². The second kappa shape index (κ2) is 5.78. The van der Waals surface area contributed by atoms with E-state index in [4.69, 9.17) is 0 Å². The molecule has 0 saturated carbocycles. The molecule has 94 valence electrons. The first-order valence-corrected chi connectivity index (χ1v) is 7.42. The summed E-state index contributed by atoms with van der Waals surface area (Å²) in [6.07, 6.45) is 1.12. The first kappa shape index (κ1) is 12.8. The van der Waals surface area contributed by atoms with Gasteiger partial charge in [0.2, 0.25) is 0 Å². The number of hydrogen-bond donors (Lipinski definition) is 1. The minimum absolute atomic E-state index is 0.633.